The number of rotatable bonds is 9. The SMILES string of the molecule is CC(C)NS(=O)(=O)Cc1ccccc1CNC(=O)c1cnn(-c2ccc(F)cc2)c1-n1cccc1. The van der Waals surface area contributed by atoms with Gasteiger partial charge in [-0.3, -0.25) is 4.79 Å². The van der Waals surface area contributed by atoms with Crippen LogP contribution < -0.4 is 10.0 Å². The average molecular weight is 496 g/mol. The first-order valence-electron chi connectivity index (χ1n) is 11.1. The summed E-state index contributed by atoms with van der Waals surface area (Å²) in [4.78, 5) is 13.2. The van der Waals surface area contributed by atoms with Crippen molar-refractivity contribution in [2.45, 2.75) is 32.2 Å². The van der Waals surface area contributed by atoms with Gasteiger partial charge in [0.05, 0.1) is 17.6 Å². The Morgan fingerprint density at radius 1 is 1.00 bits per heavy atom. The first-order valence-corrected chi connectivity index (χ1v) is 12.7. The predicted octanol–water partition coefficient (Wildman–Crippen LogP) is 3.56. The molecule has 10 heteroatoms. The largest absolute Gasteiger partial charge is 0.348 e. The Bertz CT molecular complexity index is 1410. The number of sulfonamides is 1. The molecule has 8 nitrogen and oxygen atoms in total. The third-order valence-corrected chi connectivity index (χ3v) is 6.75. The first kappa shape index (κ1) is 24.4. The van der Waals surface area contributed by atoms with E-state index in [1.165, 1.54) is 18.3 Å². The molecule has 2 aromatic heterocycles. The number of nitrogens with one attached hydrogen (secondary N) is 2. The summed E-state index contributed by atoms with van der Waals surface area (Å²) < 4.78 is 44.2. The number of hydrogen-bond donors (Lipinski definition) is 2. The molecule has 0 aliphatic rings. The van der Waals surface area contributed by atoms with Gasteiger partial charge in [0.2, 0.25) is 10.0 Å². The van der Waals surface area contributed by atoms with E-state index in [9.17, 15) is 17.6 Å². The van der Waals surface area contributed by atoms with Gasteiger partial charge < -0.3 is 9.88 Å². The molecule has 0 bridgehead atoms. The molecule has 0 spiro atoms. The second-order valence-electron chi connectivity index (χ2n) is 8.34. The minimum atomic E-state index is -3.52. The summed E-state index contributed by atoms with van der Waals surface area (Å²) in [5.41, 5.74) is 2.22. The molecule has 2 N–H and O–H groups in total. The van der Waals surface area contributed by atoms with E-state index < -0.39 is 10.0 Å². The monoisotopic (exact) mass is 495 g/mol. The number of carbonyl (C=O) groups excluding carboxylic acids is 1. The molecule has 0 saturated heterocycles. The van der Waals surface area contributed by atoms with Crippen molar-refractivity contribution in [2.24, 2.45) is 0 Å². The Morgan fingerprint density at radius 2 is 1.66 bits per heavy atom. The van der Waals surface area contributed by atoms with Crippen LogP contribution >= 0.6 is 0 Å². The van der Waals surface area contributed by atoms with Crippen molar-refractivity contribution in [3.63, 3.8) is 0 Å². The van der Waals surface area contributed by atoms with Crippen LogP contribution in [0.3, 0.4) is 0 Å². The van der Waals surface area contributed by atoms with Crippen molar-refractivity contribution in [1.29, 1.82) is 0 Å². The molecular formula is C25H26FN5O3S. The highest BCUT2D eigenvalue weighted by Gasteiger charge is 2.21. The lowest BCUT2D eigenvalue weighted by molar-refractivity contribution is 0.0951. The normalized spacial score (nSPS) is 11.7. The highest BCUT2D eigenvalue weighted by atomic mass is 32.2. The van der Waals surface area contributed by atoms with E-state index in [0.29, 0.717) is 28.2 Å². The molecule has 1 amide bonds. The van der Waals surface area contributed by atoms with E-state index in [2.05, 4.69) is 15.1 Å². The van der Waals surface area contributed by atoms with Crippen LogP contribution in [0.4, 0.5) is 4.39 Å². The smallest absolute Gasteiger partial charge is 0.256 e. The molecular weight excluding hydrogens is 469 g/mol. The Balaban J connectivity index is 1.59. The lowest BCUT2D eigenvalue weighted by atomic mass is 10.1. The molecule has 0 radical (unpaired) electrons. The third kappa shape index (κ3) is 5.84. The molecule has 0 aliphatic heterocycles. The third-order valence-electron chi connectivity index (χ3n) is 5.23. The Labute approximate surface area is 203 Å². The summed E-state index contributed by atoms with van der Waals surface area (Å²) in [6.07, 6.45) is 5.03. The predicted molar refractivity (Wildman–Crippen MR) is 131 cm³/mol. The number of hydrogen-bond acceptors (Lipinski definition) is 4. The van der Waals surface area contributed by atoms with Crippen LogP contribution in [0.25, 0.3) is 11.5 Å². The van der Waals surface area contributed by atoms with Crippen LogP contribution in [0, 0.1) is 5.82 Å². The van der Waals surface area contributed by atoms with Crippen molar-refractivity contribution in [3.05, 3.63) is 102 Å². The molecule has 182 valence electrons. The second kappa shape index (κ2) is 10.2. The number of carbonyl (C=O) groups is 1. The number of nitrogens with zero attached hydrogens (tertiary/aromatic N) is 3. The van der Waals surface area contributed by atoms with Gasteiger partial charge in [-0.15, -0.1) is 0 Å². The number of amides is 1. The standard InChI is InChI=1S/C25H26FN5O3S/c1-18(2)29-35(33,34)17-20-8-4-3-7-19(20)15-27-24(32)23-16-28-31(22-11-9-21(26)10-12-22)25(23)30-13-5-6-14-30/h3-14,16,18,29H,15,17H2,1-2H3,(H,27,32). The van der Waals surface area contributed by atoms with Gasteiger partial charge in [-0.25, -0.2) is 22.2 Å². The molecule has 0 saturated carbocycles. The van der Waals surface area contributed by atoms with Gasteiger partial charge in [-0.2, -0.15) is 5.10 Å². The van der Waals surface area contributed by atoms with Crippen LogP contribution in [0.15, 0.2) is 79.3 Å². The van der Waals surface area contributed by atoms with E-state index in [4.69, 9.17) is 0 Å². The summed E-state index contributed by atoms with van der Waals surface area (Å²) >= 11 is 0. The average Bonchev–Trinajstić information content (AvgIpc) is 3.47. The molecule has 35 heavy (non-hydrogen) atoms. The molecule has 2 aromatic carbocycles. The fourth-order valence-corrected chi connectivity index (χ4v) is 5.24. The molecule has 0 fully saturated rings. The van der Waals surface area contributed by atoms with Crippen molar-refractivity contribution in [1.82, 2.24) is 24.4 Å². The Hall–Kier alpha value is -3.76. The van der Waals surface area contributed by atoms with Crippen molar-refractivity contribution >= 4 is 15.9 Å². The zero-order chi connectivity index (χ0) is 25.0. The molecule has 2 heterocycles. The zero-order valence-corrected chi connectivity index (χ0v) is 20.2. The fraction of sp³-hybridized carbons (Fsp3) is 0.200. The summed E-state index contributed by atoms with van der Waals surface area (Å²) in [5.74, 6) is -0.435. The summed E-state index contributed by atoms with van der Waals surface area (Å²) in [6, 6.07) is 16.3. The van der Waals surface area contributed by atoms with Crippen LogP contribution in [-0.2, 0) is 22.3 Å². The molecule has 4 rings (SSSR count). The van der Waals surface area contributed by atoms with E-state index in [1.807, 2.05) is 12.1 Å². The summed E-state index contributed by atoms with van der Waals surface area (Å²) in [6.45, 7) is 3.66. The van der Waals surface area contributed by atoms with Crippen LogP contribution in [0.5, 0.6) is 0 Å². The van der Waals surface area contributed by atoms with Crippen LogP contribution in [0.1, 0.15) is 35.3 Å². The minimum absolute atomic E-state index is 0.138. The van der Waals surface area contributed by atoms with Gasteiger partial charge in [0, 0.05) is 25.0 Å². The number of aromatic nitrogens is 3. The van der Waals surface area contributed by atoms with E-state index in [-0.39, 0.29) is 30.1 Å². The molecule has 0 unspecified atom stereocenters. The molecule has 4 aromatic rings. The van der Waals surface area contributed by atoms with Gasteiger partial charge in [-0.05, 0) is 61.4 Å². The second-order valence-corrected chi connectivity index (χ2v) is 10.1. The van der Waals surface area contributed by atoms with Gasteiger partial charge in [0.25, 0.3) is 5.91 Å². The zero-order valence-electron chi connectivity index (χ0n) is 19.3. The first-order chi connectivity index (χ1) is 16.7. The summed E-state index contributed by atoms with van der Waals surface area (Å²) in [5, 5.41) is 7.24. The van der Waals surface area contributed by atoms with Crippen molar-refractivity contribution in [2.75, 3.05) is 0 Å². The van der Waals surface area contributed by atoms with Gasteiger partial charge in [0.15, 0.2) is 5.82 Å². The van der Waals surface area contributed by atoms with Gasteiger partial charge >= 0.3 is 0 Å². The van der Waals surface area contributed by atoms with E-state index in [1.54, 1.807) is 71.9 Å². The summed E-state index contributed by atoms with van der Waals surface area (Å²) in [7, 11) is -3.52. The van der Waals surface area contributed by atoms with Crippen LogP contribution in [-0.4, -0.2) is 34.7 Å². The van der Waals surface area contributed by atoms with Gasteiger partial charge in [-0.1, -0.05) is 24.3 Å². The number of benzene rings is 2. The van der Waals surface area contributed by atoms with Crippen LogP contribution in [0.2, 0.25) is 0 Å². The highest BCUT2D eigenvalue weighted by molar-refractivity contribution is 7.88. The quantitative estimate of drug-likeness (QED) is 0.371. The maximum absolute atomic E-state index is 13.4. The Morgan fingerprint density at radius 3 is 2.31 bits per heavy atom. The van der Waals surface area contributed by atoms with Crippen molar-refractivity contribution < 1.29 is 17.6 Å². The minimum Gasteiger partial charge on any atom is -0.348 e. The molecule has 0 atom stereocenters. The van der Waals surface area contributed by atoms with Gasteiger partial charge in [0.1, 0.15) is 11.4 Å². The van der Waals surface area contributed by atoms with E-state index in [0.717, 1.165) is 0 Å². The highest BCUT2D eigenvalue weighted by Crippen LogP contribution is 2.21. The van der Waals surface area contributed by atoms with E-state index >= 15 is 0 Å². The Kier molecular flexibility index (Phi) is 7.13. The van der Waals surface area contributed by atoms with Crippen molar-refractivity contribution in [3.8, 4) is 11.5 Å². The maximum atomic E-state index is 13.4. The lowest BCUT2D eigenvalue weighted by Crippen LogP contribution is -2.32. The topological polar surface area (TPSA) is 98.0 Å². The fourth-order valence-electron chi connectivity index (χ4n) is 3.74. The number of halogens is 1. The molecule has 0 aliphatic carbocycles. The lowest BCUT2D eigenvalue weighted by Gasteiger charge is -2.14. The maximum Gasteiger partial charge on any atom is 0.256 e.